The molecule has 7 nitrogen and oxygen atoms in total. The van der Waals surface area contributed by atoms with E-state index in [-0.39, 0.29) is 17.2 Å². The molecule has 1 aliphatic rings. The van der Waals surface area contributed by atoms with Crippen molar-refractivity contribution >= 4 is 28.9 Å². The Kier molecular flexibility index (Phi) is 4.71. The van der Waals surface area contributed by atoms with Crippen LogP contribution in [0.4, 0.5) is 17.1 Å². The SMILES string of the molecule is CC(=O)N1CCCc2cc(NC(=O)c3cccc(C)c3[N+](=O)[O-])ccc21. The average molecular weight is 353 g/mol. The Morgan fingerprint density at radius 1 is 1.23 bits per heavy atom. The van der Waals surface area contributed by atoms with Gasteiger partial charge < -0.3 is 10.2 Å². The molecule has 0 saturated heterocycles. The van der Waals surface area contributed by atoms with Crippen LogP contribution in [0.3, 0.4) is 0 Å². The van der Waals surface area contributed by atoms with Gasteiger partial charge in [-0.3, -0.25) is 19.7 Å². The van der Waals surface area contributed by atoms with E-state index in [4.69, 9.17) is 0 Å². The number of benzene rings is 2. The fourth-order valence-corrected chi connectivity index (χ4v) is 3.28. The van der Waals surface area contributed by atoms with Crippen molar-refractivity contribution in [1.82, 2.24) is 0 Å². The minimum atomic E-state index is -0.540. The average Bonchev–Trinajstić information content (AvgIpc) is 2.60. The highest BCUT2D eigenvalue weighted by Crippen LogP contribution is 2.30. The third kappa shape index (κ3) is 3.28. The molecular formula is C19H19N3O4. The predicted octanol–water partition coefficient (Wildman–Crippen LogP) is 3.45. The van der Waals surface area contributed by atoms with Crippen LogP contribution < -0.4 is 10.2 Å². The number of carbonyl (C=O) groups is 2. The quantitative estimate of drug-likeness (QED) is 0.675. The fourth-order valence-electron chi connectivity index (χ4n) is 3.28. The van der Waals surface area contributed by atoms with E-state index in [0.29, 0.717) is 17.8 Å². The zero-order valence-corrected chi connectivity index (χ0v) is 14.6. The molecule has 0 saturated carbocycles. The lowest BCUT2D eigenvalue weighted by atomic mass is 10.0. The number of carbonyl (C=O) groups excluding carboxylic acids is 2. The largest absolute Gasteiger partial charge is 0.322 e. The lowest BCUT2D eigenvalue weighted by molar-refractivity contribution is -0.385. The summed E-state index contributed by atoms with van der Waals surface area (Å²) in [6.45, 7) is 3.81. The number of hydrogen-bond donors (Lipinski definition) is 1. The fraction of sp³-hybridized carbons (Fsp3) is 0.263. The summed E-state index contributed by atoms with van der Waals surface area (Å²) in [7, 11) is 0. The standard InChI is InChI=1S/C19H19N3O4/c1-12-5-3-7-16(18(12)22(25)26)19(24)20-15-8-9-17-14(11-15)6-4-10-21(17)13(2)23/h3,5,7-9,11H,4,6,10H2,1-2H3,(H,20,24). The van der Waals surface area contributed by atoms with Crippen LogP contribution in [0.5, 0.6) is 0 Å². The van der Waals surface area contributed by atoms with E-state index in [1.807, 2.05) is 6.07 Å². The highest BCUT2D eigenvalue weighted by atomic mass is 16.6. The second-order valence-electron chi connectivity index (χ2n) is 6.30. The van der Waals surface area contributed by atoms with Crippen LogP contribution in [0.25, 0.3) is 0 Å². The van der Waals surface area contributed by atoms with E-state index in [1.54, 1.807) is 36.1 Å². The molecule has 0 aliphatic carbocycles. The van der Waals surface area contributed by atoms with Crippen LogP contribution in [0.2, 0.25) is 0 Å². The Morgan fingerprint density at radius 2 is 2.00 bits per heavy atom. The van der Waals surface area contributed by atoms with Gasteiger partial charge in [-0.1, -0.05) is 12.1 Å². The first kappa shape index (κ1) is 17.6. The molecule has 0 radical (unpaired) electrons. The maximum atomic E-state index is 12.6. The first-order valence-corrected chi connectivity index (χ1v) is 8.35. The Hall–Kier alpha value is -3.22. The van der Waals surface area contributed by atoms with E-state index in [2.05, 4.69) is 5.32 Å². The van der Waals surface area contributed by atoms with Crippen molar-refractivity contribution in [2.45, 2.75) is 26.7 Å². The molecule has 0 fully saturated rings. The molecule has 0 unspecified atom stereocenters. The number of nitrogens with one attached hydrogen (secondary N) is 1. The molecule has 2 aromatic rings. The molecule has 0 bridgehead atoms. The molecule has 0 aromatic heterocycles. The van der Waals surface area contributed by atoms with Gasteiger partial charge in [0.05, 0.1) is 4.92 Å². The van der Waals surface area contributed by atoms with Gasteiger partial charge in [0.1, 0.15) is 5.56 Å². The molecule has 0 spiro atoms. The normalized spacial score (nSPS) is 13.1. The zero-order valence-electron chi connectivity index (χ0n) is 14.6. The molecule has 2 aromatic carbocycles. The Balaban J connectivity index is 1.89. The number of nitro groups is 1. The number of aryl methyl sites for hydroxylation is 2. The Morgan fingerprint density at radius 3 is 2.69 bits per heavy atom. The van der Waals surface area contributed by atoms with Crippen molar-refractivity contribution in [2.75, 3.05) is 16.8 Å². The second-order valence-corrected chi connectivity index (χ2v) is 6.30. The minimum absolute atomic E-state index is 0.0156. The first-order chi connectivity index (χ1) is 12.4. The number of para-hydroxylation sites is 1. The molecule has 7 heteroatoms. The summed E-state index contributed by atoms with van der Waals surface area (Å²) in [6.07, 6.45) is 1.67. The lowest BCUT2D eigenvalue weighted by Crippen LogP contribution is -2.33. The molecule has 1 N–H and O–H groups in total. The van der Waals surface area contributed by atoms with Crippen LogP contribution >= 0.6 is 0 Å². The highest BCUT2D eigenvalue weighted by Gasteiger charge is 2.24. The molecule has 3 rings (SSSR count). The number of fused-ring (bicyclic) bond motifs is 1. The zero-order chi connectivity index (χ0) is 18.8. The number of amides is 2. The van der Waals surface area contributed by atoms with Crippen molar-refractivity contribution < 1.29 is 14.5 Å². The van der Waals surface area contributed by atoms with Gasteiger partial charge in [0, 0.05) is 30.4 Å². The van der Waals surface area contributed by atoms with E-state index < -0.39 is 10.8 Å². The summed E-state index contributed by atoms with van der Waals surface area (Å²) in [5.74, 6) is -0.544. The minimum Gasteiger partial charge on any atom is -0.322 e. The third-order valence-electron chi connectivity index (χ3n) is 4.50. The number of nitro benzene ring substituents is 1. The van der Waals surface area contributed by atoms with Crippen LogP contribution in [0, 0.1) is 17.0 Å². The van der Waals surface area contributed by atoms with Gasteiger partial charge in [-0.2, -0.15) is 0 Å². The van der Waals surface area contributed by atoms with Gasteiger partial charge in [0.2, 0.25) is 5.91 Å². The van der Waals surface area contributed by atoms with Gasteiger partial charge >= 0.3 is 0 Å². The molecule has 26 heavy (non-hydrogen) atoms. The predicted molar refractivity (Wildman–Crippen MR) is 98.6 cm³/mol. The maximum absolute atomic E-state index is 12.6. The third-order valence-corrected chi connectivity index (χ3v) is 4.50. The van der Waals surface area contributed by atoms with Gasteiger partial charge in [-0.25, -0.2) is 0 Å². The molecule has 2 amide bonds. The van der Waals surface area contributed by atoms with Gasteiger partial charge in [0.25, 0.3) is 11.6 Å². The number of anilines is 2. The van der Waals surface area contributed by atoms with E-state index in [1.165, 1.54) is 13.0 Å². The van der Waals surface area contributed by atoms with Gasteiger partial charge in [0.15, 0.2) is 0 Å². The van der Waals surface area contributed by atoms with E-state index in [0.717, 1.165) is 24.1 Å². The highest BCUT2D eigenvalue weighted by molar-refractivity contribution is 6.07. The van der Waals surface area contributed by atoms with Crippen molar-refractivity contribution in [1.29, 1.82) is 0 Å². The van der Waals surface area contributed by atoms with Crippen molar-refractivity contribution in [3.63, 3.8) is 0 Å². The smallest absolute Gasteiger partial charge is 0.285 e. The molecule has 134 valence electrons. The van der Waals surface area contributed by atoms with Crippen molar-refractivity contribution in [3.8, 4) is 0 Å². The second kappa shape index (κ2) is 6.95. The number of nitrogens with zero attached hydrogens (tertiary/aromatic N) is 2. The maximum Gasteiger partial charge on any atom is 0.285 e. The summed E-state index contributed by atoms with van der Waals surface area (Å²) in [4.78, 5) is 36.7. The summed E-state index contributed by atoms with van der Waals surface area (Å²) in [5.41, 5.74) is 2.65. The number of rotatable bonds is 3. The molecule has 1 aliphatic heterocycles. The van der Waals surface area contributed by atoms with E-state index >= 15 is 0 Å². The van der Waals surface area contributed by atoms with Gasteiger partial charge in [-0.05, 0) is 49.6 Å². The summed E-state index contributed by atoms with van der Waals surface area (Å²) in [5, 5.41) is 14.0. The van der Waals surface area contributed by atoms with Gasteiger partial charge in [-0.15, -0.1) is 0 Å². The summed E-state index contributed by atoms with van der Waals surface area (Å²) < 4.78 is 0. The Labute approximate surface area is 150 Å². The lowest BCUT2D eigenvalue weighted by Gasteiger charge is -2.29. The summed E-state index contributed by atoms with van der Waals surface area (Å²) in [6, 6.07) is 10.00. The first-order valence-electron chi connectivity index (χ1n) is 8.35. The van der Waals surface area contributed by atoms with Crippen LogP contribution in [0.1, 0.15) is 34.8 Å². The van der Waals surface area contributed by atoms with Crippen molar-refractivity contribution in [2.24, 2.45) is 0 Å². The van der Waals surface area contributed by atoms with Crippen LogP contribution in [-0.2, 0) is 11.2 Å². The van der Waals surface area contributed by atoms with Crippen LogP contribution in [-0.4, -0.2) is 23.3 Å². The number of hydrogen-bond acceptors (Lipinski definition) is 4. The van der Waals surface area contributed by atoms with Crippen molar-refractivity contribution in [3.05, 3.63) is 63.2 Å². The Bertz CT molecular complexity index is 908. The molecule has 0 atom stereocenters. The van der Waals surface area contributed by atoms with E-state index in [9.17, 15) is 19.7 Å². The molecular weight excluding hydrogens is 334 g/mol. The van der Waals surface area contributed by atoms with Crippen LogP contribution in [0.15, 0.2) is 36.4 Å². The topological polar surface area (TPSA) is 92.6 Å². The molecule has 1 heterocycles. The summed E-state index contributed by atoms with van der Waals surface area (Å²) >= 11 is 0. The monoisotopic (exact) mass is 353 g/mol.